The number of unbranched alkanes of at least 4 members (excludes halogenated alkanes) is 1. The standard InChI is InChI=1S/C15H21NO2S/c1-2-3-9-16(13-5-6-13)11-14-12(8-10-19-14)4-7-15(17)18/h4,7-8,10,13H,2-3,5-6,9,11H2,1H3,(H,17,18). The van der Waals surface area contributed by atoms with Crippen molar-refractivity contribution in [3.63, 3.8) is 0 Å². The molecule has 0 radical (unpaired) electrons. The average Bonchev–Trinajstić information content (AvgIpc) is 3.13. The highest BCUT2D eigenvalue weighted by atomic mass is 32.1. The zero-order chi connectivity index (χ0) is 13.7. The van der Waals surface area contributed by atoms with Crippen LogP contribution in [0, 0.1) is 0 Å². The number of hydrogen-bond acceptors (Lipinski definition) is 3. The van der Waals surface area contributed by atoms with Crippen molar-refractivity contribution in [1.29, 1.82) is 0 Å². The molecule has 0 aliphatic heterocycles. The van der Waals surface area contributed by atoms with Crippen molar-refractivity contribution in [2.75, 3.05) is 6.54 Å². The molecule has 1 aromatic heterocycles. The minimum absolute atomic E-state index is 0.755. The number of thiophene rings is 1. The largest absolute Gasteiger partial charge is 0.478 e. The van der Waals surface area contributed by atoms with Gasteiger partial charge in [-0.1, -0.05) is 13.3 Å². The van der Waals surface area contributed by atoms with E-state index in [0.717, 1.165) is 24.7 Å². The zero-order valence-electron chi connectivity index (χ0n) is 11.3. The lowest BCUT2D eigenvalue weighted by atomic mass is 10.2. The number of carboxylic acids is 1. The monoisotopic (exact) mass is 279 g/mol. The highest BCUT2D eigenvalue weighted by molar-refractivity contribution is 7.10. The maximum atomic E-state index is 10.6. The van der Waals surface area contributed by atoms with Crippen molar-refractivity contribution in [3.8, 4) is 0 Å². The lowest BCUT2D eigenvalue weighted by Crippen LogP contribution is -2.26. The first-order valence-corrected chi connectivity index (χ1v) is 7.80. The Morgan fingerprint density at radius 3 is 3.00 bits per heavy atom. The van der Waals surface area contributed by atoms with E-state index in [9.17, 15) is 4.79 Å². The van der Waals surface area contributed by atoms with E-state index in [1.165, 1.54) is 36.6 Å². The summed E-state index contributed by atoms with van der Waals surface area (Å²) in [5, 5.41) is 10.7. The summed E-state index contributed by atoms with van der Waals surface area (Å²) in [6.07, 6.45) is 8.02. The second-order valence-electron chi connectivity index (χ2n) is 5.03. The van der Waals surface area contributed by atoms with Crippen LogP contribution in [-0.4, -0.2) is 28.6 Å². The molecule has 0 bridgehead atoms. The van der Waals surface area contributed by atoms with Crippen molar-refractivity contribution in [3.05, 3.63) is 28.0 Å². The summed E-state index contributed by atoms with van der Waals surface area (Å²) in [4.78, 5) is 14.4. The fourth-order valence-electron chi connectivity index (χ4n) is 2.16. The van der Waals surface area contributed by atoms with E-state index >= 15 is 0 Å². The van der Waals surface area contributed by atoms with Gasteiger partial charge in [-0.2, -0.15) is 0 Å². The lowest BCUT2D eigenvalue weighted by molar-refractivity contribution is -0.131. The van der Waals surface area contributed by atoms with Gasteiger partial charge in [-0.3, -0.25) is 4.90 Å². The van der Waals surface area contributed by atoms with Crippen LogP contribution in [0.4, 0.5) is 0 Å². The second-order valence-corrected chi connectivity index (χ2v) is 6.03. The van der Waals surface area contributed by atoms with E-state index in [4.69, 9.17) is 5.11 Å². The summed E-state index contributed by atoms with van der Waals surface area (Å²) >= 11 is 1.72. The van der Waals surface area contributed by atoms with E-state index in [2.05, 4.69) is 11.8 Å². The Bertz CT molecular complexity index is 449. The number of carboxylic acid groups (broad SMARTS) is 1. The third-order valence-corrected chi connectivity index (χ3v) is 4.32. The van der Waals surface area contributed by atoms with Crippen molar-refractivity contribution >= 4 is 23.4 Å². The molecule has 2 rings (SSSR count). The van der Waals surface area contributed by atoms with Gasteiger partial charge in [-0.25, -0.2) is 4.79 Å². The Hall–Kier alpha value is -1.13. The number of rotatable bonds is 8. The van der Waals surface area contributed by atoms with Crippen molar-refractivity contribution < 1.29 is 9.90 Å². The molecule has 0 amide bonds. The summed E-state index contributed by atoms with van der Waals surface area (Å²) < 4.78 is 0. The molecule has 0 spiro atoms. The molecule has 1 heterocycles. The average molecular weight is 279 g/mol. The van der Waals surface area contributed by atoms with Gasteiger partial charge < -0.3 is 5.11 Å². The summed E-state index contributed by atoms with van der Waals surface area (Å²) in [6.45, 7) is 4.33. The fourth-order valence-corrected chi connectivity index (χ4v) is 3.06. The quantitative estimate of drug-likeness (QED) is 0.739. The molecule has 1 saturated carbocycles. The van der Waals surface area contributed by atoms with Crippen molar-refractivity contribution in [2.24, 2.45) is 0 Å². The fraction of sp³-hybridized carbons (Fsp3) is 0.533. The van der Waals surface area contributed by atoms with E-state index in [1.54, 1.807) is 17.4 Å². The first-order valence-electron chi connectivity index (χ1n) is 6.92. The Morgan fingerprint density at radius 1 is 1.58 bits per heavy atom. The van der Waals surface area contributed by atoms with Gasteiger partial charge in [0, 0.05) is 23.5 Å². The van der Waals surface area contributed by atoms with Crippen LogP contribution in [-0.2, 0) is 11.3 Å². The minimum atomic E-state index is -0.887. The summed E-state index contributed by atoms with van der Waals surface area (Å²) in [5.74, 6) is -0.887. The Kier molecular flexibility index (Phi) is 5.16. The number of hydrogen-bond donors (Lipinski definition) is 1. The number of carbonyl (C=O) groups is 1. The first kappa shape index (κ1) is 14.3. The normalized spacial score (nSPS) is 15.5. The van der Waals surface area contributed by atoms with Gasteiger partial charge in [0.25, 0.3) is 0 Å². The molecular formula is C15H21NO2S. The van der Waals surface area contributed by atoms with Gasteiger partial charge in [0.2, 0.25) is 0 Å². The molecule has 1 aromatic rings. The lowest BCUT2D eigenvalue weighted by Gasteiger charge is -2.21. The highest BCUT2D eigenvalue weighted by Gasteiger charge is 2.28. The Balaban J connectivity index is 2.00. The second kappa shape index (κ2) is 6.87. The molecule has 3 nitrogen and oxygen atoms in total. The van der Waals surface area contributed by atoms with Gasteiger partial charge in [0.05, 0.1) is 0 Å². The molecule has 0 unspecified atom stereocenters. The van der Waals surface area contributed by atoms with Gasteiger partial charge in [0.15, 0.2) is 0 Å². The smallest absolute Gasteiger partial charge is 0.328 e. The Labute approximate surface area is 118 Å². The van der Waals surface area contributed by atoms with Crippen LogP contribution in [0.15, 0.2) is 17.5 Å². The maximum Gasteiger partial charge on any atom is 0.328 e. The molecule has 1 N–H and O–H groups in total. The van der Waals surface area contributed by atoms with Gasteiger partial charge in [0.1, 0.15) is 0 Å². The predicted octanol–water partition coefficient (Wildman–Crippen LogP) is 3.61. The third-order valence-electron chi connectivity index (χ3n) is 3.39. The molecule has 4 heteroatoms. The first-order chi connectivity index (χ1) is 9.20. The number of nitrogens with zero attached hydrogens (tertiary/aromatic N) is 1. The maximum absolute atomic E-state index is 10.6. The summed E-state index contributed by atoms with van der Waals surface area (Å²) in [6, 6.07) is 2.76. The van der Waals surface area contributed by atoms with Crippen molar-refractivity contribution in [2.45, 2.75) is 45.2 Å². The predicted molar refractivity (Wildman–Crippen MR) is 79.3 cm³/mol. The molecule has 0 atom stereocenters. The molecule has 1 fully saturated rings. The topological polar surface area (TPSA) is 40.5 Å². The van der Waals surface area contributed by atoms with Gasteiger partial charge >= 0.3 is 5.97 Å². The van der Waals surface area contributed by atoms with E-state index in [-0.39, 0.29) is 0 Å². The van der Waals surface area contributed by atoms with E-state index in [0.29, 0.717) is 0 Å². The molecule has 1 aliphatic rings. The van der Waals surface area contributed by atoms with Crippen molar-refractivity contribution in [1.82, 2.24) is 4.90 Å². The highest BCUT2D eigenvalue weighted by Crippen LogP contribution is 2.30. The summed E-state index contributed by atoms with van der Waals surface area (Å²) in [7, 11) is 0. The Morgan fingerprint density at radius 2 is 2.37 bits per heavy atom. The minimum Gasteiger partial charge on any atom is -0.478 e. The van der Waals surface area contributed by atoms with Crippen LogP contribution in [0.3, 0.4) is 0 Å². The molecule has 19 heavy (non-hydrogen) atoms. The molecule has 0 saturated heterocycles. The molecular weight excluding hydrogens is 258 g/mol. The molecule has 104 valence electrons. The van der Waals surface area contributed by atoms with Crippen LogP contribution in [0.5, 0.6) is 0 Å². The molecule has 1 aliphatic carbocycles. The van der Waals surface area contributed by atoms with Crippen LogP contribution < -0.4 is 0 Å². The molecule has 0 aromatic carbocycles. The zero-order valence-corrected chi connectivity index (χ0v) is 12.2. The van der Waals surface area contributed by atoms with E-state index < -0.39 is 5.97 Å². The van der Waals surface area contributed by atoms with E-state index in [1.807, 2.05) is 11.4 Å². The SMILES string of the molecule is CCCCN(Cc1sccc1C=CC(=O)O)C1CC1. The number of aliphatic carboxylic acids is 1. The van der Waals surface area contributed by atoms with Crippen LogP contribution in [0.2, 0.25) is 0 Å². The summed E-state index contributed by atoms with van der Waals surface area (Å²) in [5.41, 5.74) is 1.05. The van der Waals surface area contributed by atoms with Crippen LogP contribution >= 0.6 is 11.3 Å². The van der Waals surface area contributed by atoms with Gasteiger partial charge in [-0.05, 0) is 48.9 Å². The van der Waals surface area contributed by atoms with Crippen LogP contribution in [0.25, 0.3) is 6.08 Å². The third kappa shape index (κ3) is 4.48. The van der Waals surface area contributed by atoms with Crippen LogP contribution in [0.1, 0.15) is 43.0 Å². The van der Waals surface area contributed by atoms with Gasteiger partial charge in [-0.15, -0.1) is 11.3 Å².